The van der Waals surface area contributed by atoms with Gasteiger partial charge in [-0.15, -0.1) is 11.8 Å². The number of anilines is 2. The van der Waals surface area contributed by atoms with Crippen LogP contribution in [0.15, 0.2) is 40.2 Å². The number of primary amides is 1. The third kappa shape index (κ3) is 2.52. The second kappa shape index (κ2) is 5.68. The van der Waals surface area contributed by atoms with Crippen LogP contribution >= 0.6 is 11.8 Å². The van der Waals surface area contributed by atoms with Crippen molar-refractivity contribution in [2.45, 2.75) is 11.3 Å². The van der Waals surface area contributed by atoms with E-state index in [-0.39, 0.29) is 5.91 Å². The molecule has 6 nitrogen and oxygen atoms in total. The molecular weight excluding hydrogens is 324 g/mol. The van der Waals surface area contributed by atoms with Crippen LogP contribution in [0.2, 0.25) is 0 Å². The van der Waals surface area contributed by atoms with Crippen molar-refractivity contribution in [3.63, 3.8) is 0 Å². The lowest BCUT2D eigenvalue weighted by molar-refractivity contribution is -0.115. The van der Waals surface area contributed by atoms with Gasteiger partial charge in [0.2, 0.25) is 11.8 Å². The van der Waals surface area contributed by atoms with Gasteiger partial charge in [0.05, 0.1) is 23.7 Å². The van der Waals surface area contributed by atoms with Crippen molar-refractivity contribution in [3.8, 4) is 0 Å². The summed E-state index contributed by atoms with van der Waals surface area (Å²) in [5, 5.41) is 6.24. The molecular formula is C17H14N4O2S. The van der Waals surface area contributed by atoms with Gasteiger partial charge in [-0.2, -0.15) is 0 Å². The van der Waals surface area contributed by atoms with E-state index >= 15 is 0 Å². The molecule has 0 bridgehead atoms. The summed E-state index contributed by atoms with van der Waals surface area (Å²) in [7, 11) is 0. The molecule has 4 rings (SSSR count). The van der Waals surface area contributed by atoms with Gasteiger partial charge < -0.3 is 16.4 Å². The Bertz CT molecular complexity index is 890. The van der Waals surface area contributed by atoms with E-state index in [9.17, 15) is 9.59 Å². The first-order valence-electron chi connectivity index (χ1n) is 7.42. The summed E-state index contributed by atoms with van der Waals surface area (Å²) in [6.45, 7) is 0. The molecule has 120 valence electrons. The van der Waals surface area contributed by atoms with Gasteiger partial charge in [-0.05, 0) is 30.3 Å². The van der Waals surface area contributed by atoms with Gasteiger partial charge in [0.15, 0.2) is 0 Å². The fourth-order valence-electron chi connectivity index (χ4n) is 2.84. The number of hydrogen-bond donors (Lipinski definition) is 3. The molecule has 2 aliphatic heterocycles. The van der Waals surface area contributed by atoms with Gasteiger partial charge in [-0.25, -0.2) is 0 Å². The third-order valence-electron chi connectivity index (χ3n) is 4.00. The Morgan fingerprint density at radius 3 is 2.83 bits per heavy atom. The van der Waals surface area contributed by atoms with E-state index in [4.69, 9.17) is 5.73 Å². The van der Waals surface area contributed by atoms with E-state index in [2.05, 4.69) is 15.6 Å². The van der Waals surface area contributed by atoms with Gasteiger partial charge in [0.25, 0.3) is 0 Å². The fraction of sp³-hybridized carbons (Fsp3) is 0.118. The lowest BCUT2D eigenvalue weighted by Crippen LogP contribution is -2.10. The first kappa shape index (κ1) is 14.8. The van der Waals surface area contributed by atoms with Gasteiger partial charge in [0, 0.05) is 33.5 Å². The van der Waals surface area contributed by atoms with Crippen LogP contribution in [0, 0.1) is 0 Å². The van der Waals surface area contributed by atoms with Crippen molar-refractivity contribution in [1.82, 2.24) is 0 Å². The highest BCUT2D eigenvalue weighted by Gasteiger charge is 2.27. The zero-order valence-corrected chi connectivity index (χ0v) is 13.4. The Balaban J connectivity index is 1.68. The molecule has 0 aromatic heterocycles. The molecule has 4 N–H and O–H groups in total. The molecule has 0 saturated carbocycles. The molecule has 0 spiro atoms. The first-order valence-corrected chi connectivity index (χ1v) is 8.41. The second-order valence-corrected chi connectivity index (χ2v) is 6.54. The predicted octanol–water partition coefficient (Wildman–Crippen LogP) is 2.51. The van der Waals surface area contributed by atoms with Crippen molar-refractivity contribution in [2.24, 2.45) is 10.7 Å². The van der Waals surface area contributed by atoms with Crippen LogP contribution in [0.3, 0.4) is 0 Å². The highest BCUT2D eigenvalue weighted by molar-refractivity contribution is 8.00. The van der Waals surface area contributed by atoms with E-state index in [1.165, 1.54) is 0 Å². The highest BCUT2D eigenvalue weighted by atomic mass is 32.2. The summed E-state index contributed by atoms with van der Waals surface area (Å²) in [6.07, 6.45) is 2.19. The third-order valence-corrected chi connectivity index (χ3v) is 5.02. The number of carbonyl (C=O) groups is 2. The molecule has 0 atom stereocenters. The number of benzene rings is 2. The summed E-state index contributed by atoms with van der Waals surface area (Å²) in [5.41, 5.74) is 10.3. The number of nitrogens with one attached hydrogen (secondary N) is 2. The summed E-state index contributed by atoms with van der Waals surface area (Å²) in [4.78, 5) is 28.3. The summed E-state index contributed by atoms with van der Waals surface area (Å²) < 4.78 is 0. The molecule has 0 unspecified atom stereocenters. The molecule has 24 heavy (non-hydrogen) atoms. The van der Waals surface area contributed by atoms with E-state index in [1.54, 1.807) is 42.2 Å². The van der Waals surface area contributed by atoms with Gasteiger partial charge in [-0.3, -0.25) is 14.6 Å². The van der Waals surface area contributed by atoms with Crippen molar-refractivity contribution >= 4 is 46.9 Å². The van der Waals surface area contributed by atoms with E-state index in [1.807, 2.05) is 6.07 Å². The largest absolute Gasteiger partial charge is 0.374 e. The van der Waals surface area contributed by atoms with Crippen LogP contribution < -0.4 is 16.4 Å². The molecule has 2 amide bonds. The molecule has 0 fully saturated rings. The smallest absolute Gasteiger partial charge is 0.248 e. The SMILES string of the molecule is NC(=O)c1ccc(N=Cc2cc3c(c4c2NCS4)CC(=O)N3)cc1. The number of carbonyl (C=O) groups excluding carboxylic acids is 2. The molecule has 2 aromatic carbocycles. The van der Waals surface area contributed by atoms with Crippen LogP contribution in [0.1, 0.15) is 21.5 Å². The van der Waals surface area contributed by atoms with Crippen molar-refractivity contribution in [2.75, 3.05) is 16.5 Å². The van der Waals surface area contributed by atoms with Crippen LogP contribution in [0.25, 0.3) is 0 Å². The van der Waals surface area contributed by atoms with Gasteiger partial charge in [-0.1, -0.05) is 0 Å². The number of fused-ring (bicyclic) bond motifs is 3. The van der Waals surface area contributed by atoms with Crippen LogP contribution in [0.5, 0.6) is 0 Å². The highest BCUT2D eigenvalue weighted by Crippen LogP contribution is 2.44. The molecule has 0 radical (unpaired) electrons. The van der Waals surface area contributed by atoms with Crippen molar-refractivity contribution in [1.29, 1.82) is 0 Å². The Kier molecular flexibility index (Phi) is 3.50. The number of nitrogens with two attached hydrogens (primary N) is 1. The summed E-state index contributed by atoms with van der Waals surface area (Å²) in [5.74, 6) is 0.350. The minimum absolute atomic E-state index is 0.0239. The van der Waals surface area contributed by atoms with Crippen molar-refractivity contribution < 1.29 is 9.59 Å². The number of amides is 2. The molecule has 0 saturated heterocycles. The minimum atomic E-state index is -0.459. The molecule has 2 aromatic rings. The number of aliphatic imine (C=N–C) groups is 1. The Labute approximate surface area is 142 Å². The Morgan fingerprint density at radius 1 is 1.29 bits per heavy atom. The molecule has 7 heteroatoms. The van der Waals surface area contributed by atoms with E-state index in [0.29, 0.717) is 12.0 Å². The lowest BCUT2D eigenvalue weighted by Gasteiger charge is -2.09. The number of hydrogen-bond acceptors (Lipinski definition) is 5. The van der Waals surface area contributed by atoms with Crippen LogP contribution in [-0.4, -0.2) is 23.9 Å². The average molecular weight is 338 g/mol. The standard InChI is InChI=1S/C17H14N4O2S/c18-17(23)9-1-3-11(4-2-9)19-7-10-5-13-12(6-14(22)21-13)16-15(10)20-8-24-16/h1-5,7,20H,6,8H2,(H2,18,23)(H,21,22). The van der Waals surface area contributed by atoms with Gasteiger partial charge >= 0.3 is 0 Å². The molecule has 2 aliphatic rings. The lowest BCUT2D eigenvalue weighted by atomic mass is 10.1. The van der Waals surface area contributed by atoms with Crippen molar-refractivity contribution in [3.05, 3.63) is 47.0 Å². The topological polar surface area (TPSA) is 96.6 Å². The summed E-state index contributed by atoms with van der Waals surface area (Å²) in [6, 6.07) is 8.73. The monoisotopic (exact) mass is 338 g/mol. The maximum Gasteiger partial charge on any atom is 0.248 e. The maximum atomic E-state index is 11.7. The fourth-order valence-corrected chi connectivity index (χ4v) is 3.89. The minimum Gasteiger partial charge on any atom is -0.374 e. The quantitative estimate of drug-likeness (QED) is 0.749. The summed E-state index contributed by atoms with van der Waals surface area (Å²) >= 11 is 1.70. The number of thioether (sulfide) groups is 1. The Hall–Kier alpha value is -2.80. The maximum absolute atomic E-state index is 11.7. The zero-order valence-electron chi connectivity index (χ0n) is 12.6. The second-order valence-electron chi connectivity index (χ2n) is 5.56. The Morgan fingerprint density at radius 2 is 2.08 bits per heavy atom. The van der Waals surface area contributed by atoms with E-state index < -0.39 is 5.91 Å². The zero-order chi connectivity index (χ0) is 16.7. The van der Waals surface area contributed by atoms with Crippen LogP contribution in [-0.2, 0) is 11.2 Å². The average Bonchev–Trinajstić information content (AvgIpc) is 3.18. The van der Waals surface area contributed by atoms with Gasteiger partial charge in [0.1, 0.15) is 0 Å². The normalized spacial score (nSPS) is 15.1. The van der Waals surface area contributed by atoms with Crippen LogP contribution in [0.4, 0.5) is 17.1 Å². The number of nitrogens with zero attached hydrogens (tertiary/aromatic N) is 1. The number of rotatable bonds is 3. The van der Waals surface area contributed by atoms with E-state index in [0.717, 1.165) is 39.0 Å². The molecule has 2 heterocycles. The predicted molar refractivity (Wildman–Crippen MR) is 95.3 cm³/mol. The first-order chi connectivity index (χ1) is 11.6. The molecule has 0 aliphatic carbocycles.